The molecule has 3 N–H and O–H groups in total. The fraction of sp³-hybridized carbons (Fsp3) is 0.167. The molecular weight excluding hydrogens is 376 g/mol. The van der Waals surface area contributed by atoms with E-state index >= 15 is 0 Å². The van der Waals surface area contributed by atoms with Crippen LogP contribution in [-0.4, -0.2) is 28.7 Å². The Morgan fingerprint density at radius 3 is 2.42 bits per heavy atom. The van der Waals surface area contributed by atoms with Crippen molar-refractivity contribution in [2.75, 3.05) is 11.9 Å². The van der Waals surface area contributed by atoms with Gasteiger partial charge in [-0.15, -0.1) is 0 Å². The van der Waals surface area contributed by atoms with E-state index in [2.05, 4.69) is 10.6 Å². The molecule has 0 spiro atoms. The summed E-state index contributed by atoms with van der Waals surface area (Å²) in [5.74, 6) is -0.956. The van der Waals surface area contributed by atoms with Gasteiger partial charge in [0.15, 0.2) is 11.7 Å². The molecule has 2 aromatic carbocycles. The average Bonchev–Trinajstić information content (AvgIpc) is 2.54. The van der Waals surface area contributed by atoms with E-state index in [0.717, 1.165) is 11.1 Å². The topological polar surface area (TPSA) is 87.7 Å². The molecule has 1 amide bonds. The van der Waals surface area contributed by atoms with Gasteiger partial charge < -0.3 is 15.2 Å². The van der Waals surface area contributed by atoms with Crippen LogP contribution in [0.15, 0.2) is 36.4 Å². The summed E-state index contributed by atoms with van der Waals surface area (Å²) < 4.78 is 5.45. The van der Waals surface area contributed by atoms with E-state index in [9.17, 15) is 9.59 Å². The van der Waals surface area contributed by atoms with Crippen molar-refractivity contribution >= 4 is 46.5 Å². The molecule has 0 saturated carbocycles. The summed E-state index contributed by atoms with van der Waals surface area (Å²) in [5.41, 5.74) is 2.40. The molecule has 0 aromatic heterocycles. The number of halogens is 1. The van der Waals surface area contributed by atoms with Gasteiger partial charge in [0.05, 0.1) is 16.3 Å². The highest BCUT2D eigenvalue weighted by molar-refractivity contribution is 7.80. The fourth-order valence-corrected chi connectivity index (χ4v) is 2.62. The van der Waals surface area contributed by atoms with E-state index < -0.39 is 11.9 Å². The number of hydrogen-bond acceptors (Lipinski definition) is 4. The van der Waals surface area contributed by atoms with E-state index in [4.69, 9.17) is 33.7 Å². The third kappa shape index (κ3) is 5.72. The van der Waals surface area contributed by atoms with Gasteiger partial charge in [0.2, 0.25) is 0 Å². The predicted octanol–water partition coefficient (Wildman–Crippen LogP) is 3.55. The Kier molecular flexibility index (Phi) is 6.54. The summed E-state index contributed by atoms with van der Waals surface area (Å²) >= 11 is 11.0. The zero-order chi connectivity index (χ0) is 19.3. The molecule has 0 aliphatic rings. The summed E-state index contributed by atoms with van der Waals surface area (Å²) in [6.07, 6.45) is 0. The Morgan fingerprint density at radius 2 is 1.81 bits per heavy atom. The quantitative estimate of drug-likeness (QED) is 0.674. The van der Waals surface area contributed by atoms with Crippen LogP contribution in [0.25, 0.3) is 0 Å². The van der Waals surface area contributed by atoms with Crippen LogP contribution in [0.3, 0.4) is 0 Å². The number of aryl methyl sites for hydroxylation is 2. The van der Waals surface area contributed by atoms with E-state index in [1.165, 1.54) is 18.2 Å². The number of amides is 1. The molecule has 8 heteroatoms. The van der Waals surface area contributed by atoms with Crippen LogP contribution in [0.5, 0.6) is 5.75 Å². The Hall–Kier alpha value is -2.64. The highest BCUT2D eigenvalue weighted by Gasteiger charge is 2.11. The zero-order valence-corrected chi connectivity index (χ0v) is 15.7. The lowest BCUT2D eigenvalue weighted by Gasteiger charge is -2.12. The van der Waals surface area contributed by atoms with Gasteiger partial charge in [0.25, 0.3) is 5.91 Å². The van der Waals surface area contributed by atoms with Gasteiger partial charge in [0.1, 0.15) is 5.75 Å². The lowest BCUT2D eigenvalue weighted by Crippen LogP contribution is -2.37. The molecule has 0 radical (unpaired) electrons. The van der Waals surface area contributed by atoms with Crippen molar-refractivity contribution in [2.45, 2.75) is 13.8 Å². The number of carboxylic acid groups (broad SMARTS) is 1. The summed E-state index contributed by atoms with van der Waals surface area (Å²) in [4.78, 5) is 23.0. The number of benzene rings is 2. The van der Waals surface area contributed by atoms with Gasteiger partial charge in [-0.25, -0.2) is 4.79 Å². The molecular formula is C18H17ClN2O4S. The molecule has 0 aliphatic carbocycles. The first-order valence-corrected chi connectivity index (χ1v) is 8.38. The van der Waals surface area contributed by atoms with Crippen LogP contribution in [0.1, 0.15) is 21.5 Å². The summed E-state index contributed by atoms with van der Waals surface area (Å²) in [6, 6.07) is 9.79. The third-order valence-electron chi connectivity index (χ3n) is 3.28. The van der Waals surface area contributed by atoms with Crippen molar-refractivity contribution in [3.8, 4) is 5.75 Å². The molecule has 0 fully saturated rings. The number of carbonyl (C=O) groups is 2. The number of anilines is 1. The third-order valence-corrected chi connectivity index (χ3v) is 3.81. The van der Waals surface area contributed by atoms with Gasteiger partial charge in [-0.3, -0.25) is 10.1 Å². The van der Waals surface area contributed by atoms with Crippen molar-refractivity contribution in [2.24, 2.45) is 0 Å². The Bertz CT molecular complexity index is 850. The predicted molar refractivity (Wildman–Crippen MR) is 104 cm³/mol. The Labute approximate surface area is 161 Å². The first kappa shape index (κ1) is 19.7. The summed E-state index contributed by atoms with van der Waals surface area (Å²) in [6.45, 7) is 3.66. The van der Waals surface area contributed by atoms with Crippen molar-refractivity contribution in [3.63, 3.8) is 0 Å². The molecule has 0 atom stereocenters. The van der Waals surface area contributed by atoms with Crippen molar-refractivity contribution in [1.82, 2.24) is 5.32 Å². The van der Waals surface area contributed by atoms with E-state index in [1.807, 2.05) is 32.0 Å². The highest BCUT2D eigenvalue weighted by Crippen LogP contribution is 2.23. The fourth-order valence-electron chi connectivity index (χ4n) is 2.24. The van der Waals surface area contributed by atoms with Crippen LogP contribution in [0.2, 0.25) is 5.02 Å². The number of nitrogens with one attached hydrogen (secondary N) is 2. The SMILES string of the molecule is Cc1cc(C)cc(OCC(=O)NC(=S)Nc2cc(C(=O)O)ccc2Cl)c1. The summed E-state index contributed by atoms with van der Waals surface area (Å²) in [5, 5.41) is 14.4. The molecule has 0 saturated heterocycles. The average molecular weight is 393 g/mol. The monoisotopic (exact) mass is 392 g/mol. The maximum absolute atomic E-state index is 12.0. The maximum Gasteiger partial charge on any atom is 0.335 e. The Morgan fingerprint density at radius 1 is 1.15 bits per heavy atom. The van der Waals surface area contributed by atoms with Gasteiger partial charge in [-0.1, -0.05) is 17.7 Å². The standard InChI is InChI=1S/C18H17ClN2O4S/c1-10-5-11(2)7-13(6-10)25-9-16(22)21-18(26)20-15-8-12(17(23)24)3-4-14(15)19/h3-8H,9H2,1-2H3,(H,23,24)(H2,20,21,22,26). The number of aromatic carboxylic acids is 1. The number of ether oxygens (including phenoxy) is 1. The minimum atomic E-state index is -1.10. The smallest absolute Gasteiger partial charge is 0.335 e. The van der Waals surface area contributed by atoms with Crippen LogP contribution in [0.4, 0.5) is 5.69 Å². The number of hydrogen-bond donors (Lipinski definition) is 3. The number of rotatable bonds is 5. The second-order valence-electron chi connectivity index (χ2n) is 5.61. The molecule has 136 valence electrons. The number of carboxylic acids is 1. The van der Waals surface area contributed by atoms with Gasteiger partial charge >= 0.3 is 5.97 Å². The lowest BCUT2D eigenvalue weighted by molar-refractivity contribution is -0.121. The zero-order valence-electron chi connectivity index (χ0n) is 14.1. The minimum absolute atomic E-state index is 0.0107. The largest absolute Gasteiger partial charge is 0.484 e. The second-order valence-corrected chi connectivity index (χ2v) is 6.43. The first-order chi connectivity index (χ1) is 12.2. The second kappa shape index (κ2) is 8.64. The molecule has 2 aromatic rings. The molecule has 0 heterocycles. The van der Waals surface area contributed by atoms with Crippen LogP contribution < -0.4 is 15.4 Å². The van der Waals surface area contributed by atoms with Gasteiger partial charge in [0, 0.05) is 0 Å². The van der Waals surface area contributed by atoms with Crippen LogP contribution >= 0.6 is 23.8 Å². The van der Waals surface area contributed by atoms with E-state index in [-0.39, 0.29) is 28.0 Å². The van der Waals surface area contributed by atoms with Gasteiger partial charge in [-0.05, 0) is 67.5 Å². The highest BCUT2D eigenvalue weighted by atomic mass is 35.5. The summed E-state index contributed by atoms with van der Waals surface area (Å²) in [7, 11) is 0. The van der Waals surface area contributed by atoms with Crippen LogP contribution in [-0.2, 0) is 4.79 Å². The van der Waals surface area contributed by atoms with Crippen molar-refractivity contribution in [1.29, 1.82) is 0 Å². The molecule has 0 unspecified atom stereocenters. The molecule has 2 rings (SSSR count). The van der Waals surface area contributed by atoms with E-state index in [0.29, 0.717) is 5.75 Å². The molecule has 26 heavy (non-hydrogen) atoms. The molecule has 6 nitrogen and oxygen atoms in total. The Balaban J connectivity index is 1.92. The molecule has 0 bridgehead atoms. The van der Waals surface area contributed by atoms with E-state index in [1.54, 1.807) is 0 Å². The first-order valence-electron chi connectivity index (χ1n) is 7.59. The van der Waals surface area contributed by atoms with Crippen LogP contribution in [0, 0.1) is 13.8 Å². The maximum atomic E-state index is 12.0. The number of thiocarbonyl (C=S) groups is 1. The minimum Gasteiger partial charge on any atom is -0.484 e. The molecule has 0 aliphatic heterocycles. The van der Waals surface area contributed by atoms with Crippen molar-refractivity contribution in [3.05, 3.63) is 58.1 Å². The lowest BCUT2D eigenvalue weighted by atomic mass is 10.1. The van der Waals surface area contributed by atoms with Crippen molar-refractivity contribution < 1.29 is 19.4 Å². The van der Waals surface area contributed by atoms with Gasteiger partial charge in [-0.2, -0.15) is 0 Å². The normalized spacial score (nSPS) is 10.1. The number of carbonyl (C=O) groups excluding carboxylic acids is 1.